The van der Waals surface area contributed by atoms with Gasteiger partial charge < -0.3 is 11.1 Å². The van der Waals surface area contributed by atoms with E-state index in [9.17, 15) is 4.79 Å². The first-order valence-corrected chi connectivity index (χ1v) is 7.08. The summed E-state index contributed by atoms with van der Waals surface area (Å²) in [6.45, 7) is 2.62. The van der Waals surface area contributed by atoms with Crippen molar-refractivity contribution in [2.75, 3.05) is 16.8 Å². The van der Waals surface area contributed by atoms with Gasteiger partial charge in [-0.15, -0.1) is 21.5 Å². The number of carbonyl (C=O) groups excluding carboxylic acids is 1. The van der Waals surface area contributed by atoms with Crippen LogP contribution in [0.2, 0.25) is 0 Å². The van der Waals surface area contributed by atoms with E-state index in [2.05, 4.69) is 20.5 Å². The van der Waals surface area contributed by atoms with Gasteiger partial charge >= 0.3 is 0 Å². The predicted octanol–water partition coefficient (Wildman–Crippen LogP) is 1.07. The van der Waals surface area contributed by atoms with E-state index in [4.69, 9.17) is 5.73 Å². The second-order valence-corrected chi connectivity index (χ2v) is 5.10. The quantitative estimate of drug-likeness (QED) is 0.797. The summed E-state index contributed by atoms with van der Waals surface area (Å²) in [6, 6.07) is 0. The van der Waals surface area contributed by atoms with E-state index in [0.29, 0.717) is 22.8 Å². The van der Waals surface area contributed by atoms with Crippen molar-refractivity contribution in [3.8, 4) is 0 Å². The molecule has 0 fully saturated rings. The zero-order chi connectivity index (χ0) is 13.0. The molecule has 0 bridgehead atoms. The SMILES string of the molecule is CCn1c(N)nnc1SCC(=O)Nc1nccs1. The van der Waals surface area contributed by atoms with Crippen LogP contribution in [0.1, 0.15) is 6.92 Å². The molecule has 0 spiro atoms. The topological polar surface area (TPSA) is 98.7 Å². The minimum absolute atomic E-state index is 0.126. The van der Waals surface area contributed by atoms with Crippen LogP contribution in [0, 0.1) is 0 Å². The fraction of sp³-hybridized carbons (Fsp3) is 0.333. The Morgan fingerprint density at radius 2 is 2.44 bits per heavy atom. The molecule has 0 aliphatic carbocycles. The third kappa shape index (κ3) is 2.99. The Bertz CT molecular complexity index is 523. The summed E-state index contributed by atoms with van der Waals surface area (Å²) in [5, 5.41) is 13.4. The zero-order valence-electron chi connectivity index (χ0n) is 9.66. The monoisotopic (exact) mass is 284 g/mol. The Kier molecular flexibility index (Phi) is 4.15. The number of anilines is 2. The first-order valence-electron chi connectivity index (χ1n) is 5.21. The van der Waals surface area contributed by atoms with Crippen molar-refractivity contribution < 1.29 is 4.79 Å². The van der Waals surface area contributed by atoms with Gasteiger partial charge in [0.05, 0.1) is 5.75 Å². The molecule has 3 N–H and O–H groups in total. The maximum atomic E-state index is 11.6. The molecular weight excluding hydrogens is 272 g/mol. The maximum absolute atomic E-state index is 11.6. The van der Waals surface area contributed by atoms with Crippen molar-refractivity contribution in [1.82, 2.24) is 19.7 Å². The molecule has 0 radical (unpaired) electrons. The molecule has 0 atom stereocenters. The van der Waals surface area contributed by atoms with Crippen LogP contribution in [-0.4, -0.2) is 31.4 Å². The summed E-state index contributed by atoms with van der Waals surface area (Å²) in [7, 11) is 0. The summed E-state index contributed by atoms with van der Waals surface area (Å²) in [5.41, 5.74) is 5.64. The fourth-order valence-electron chi connectivity index (χ4n) is 1.27. The van der Waals surface area contributed by atoms with Gasteiger partial charge in [0.1, 0.15) is 0 Å². The summed E-state index contributed by atoms with van der Waals surface area (Å²) < 4.78 is 1.75. The maximum Gasteiger partial charge on any atom is 0.236 e. The van der Waals surface area contributed by atoms with Crippen LogP contribution in [0.3, 0.4) is 0 Å². The Morgan fingerprint density at radius 1 is 1.61 bits per heavy atom. The molecule has 2 heterocycles. The van der Waals surface area contributed by atoms with E-state index in [1.54, 1.807) is 16.1 Å². The number of nitrogens with zero attached hydrogens (tertiary/aromatic N) is 4. The molecule has 2 aromatic rings. The van der Waals surface area contributed by atoms with Gasteiger partial charge in [0.2, 0.25) is 11.9 Å². The van der Waals surface area contributed by atoms with Crippen LogP contribution < -0.4 is 11.1 Å². The predicted molar refractivity (Wildman–Crippen MR) is 71.6 cm³/mol. The van der Waals surface area contributed by atoms with Crippen LogP contribution in [0.5, 0.6) is 0 Å². The first-order chi connectivity index (χ1) is 8.70. The van der Waals surface area contributed by atoms with E-state index < -0.39 is 0 Å². The smallest absolute Gasteiger partial charge is 0.236 e. The molecule has 7 nitrogen and oxygen atoms in total. The number of thioether (sulfide) groups is 1. The molecule has 2 rings (SSSR count). The number of nitrogens with two attached hydrogens (primary N) is 1. The third-order valence-electron chi connectivity index (χ3n) is 2.07. The molecule has 1 amide bonds. The Hall–Kier alpha value is -1.61. The van der Waals surface area contributed by atoms with Gasteiger partial charge in [0.25, 0.3) is 0 Å². The molecule has 18 heavy (non-hydrogen) atoms. The van der Waals surface area contributed by atoms with E-state index in [-0.39, 0.29) is 11.7 Å². The number of hydrogen-bond donors (Lipinski definition) is 2. The standard InChI is InChI=1S/C9H12N6OS2/c1-2-15-7(10)13-14-9(15)18-5-6(16)12-8-11-3-4-17-8/h3-4H,2,5H2,1H3,(H2,10,13)(H,11,12,16). The highest BCUT2D eigenvalue weighted by Gasteiger charge is 2.11. The number of aromatic nitrogens is 4. The first kappa shape index (κ1) is 12.8. The van der Waals surface area contributed by atoms with Crippen molar-refractivity contribution >= 4 is 40.1 Å². The number of hydrogen-bond acceptors (Lipinski definition) is 7. The van der Waals surface area contributed by atoms with Gasteiger partial charge in [-0.1, -0.05) is 11.8 Å². The van der Waals surface area contributed by atoms with Crippen molar-refractivity contribution in [1.29, 1.82) is 0 Å². The fourth-order valence-corrected chi connectivity index (χ4v) is 2.63. The van der Waals surface area contributed by atoms with Crippen molar-refractivity contribution in [3.05, 3.63) is 11.6 Å². The van der Waals surface area contributed by atoms with Gasteiger partial charge in [-0.25, -0.2) is 4.98 Å². The van der Waals surface area contributed by atoms with Gasteiger partial charge in [-0.3, -0.25) is 9.36 Å². The third-order valence-corrected chi connectivity index (χ3v) is 3.73. The van der Waals surface area contributed by atoms with Gasteiger partial charge in [0.15, 0.2) is 10.3 Å². The highest BCUT2D eigenvalue weighted by molar-refractivity contribution is 7.99. The van der Waals surface area contributed by atoms with Crippen LogP contribution in [0.15, 0.2) is 16.7 Å². The average Bonchev–Trinajstić information content (AvgIpc) is 2.96. The number of amides is 1. The second kappa shape index (κ2) is 5.83. The molecule has 0 aliphatic heterocycles. The van der Waals surface area contributed by atoms with Gasteiger partial charge in [-0.05, 0) is 6.92 Å². The molecule has 96 valence electrons. The number of rotatable bonds is 5. The van der Waals surface area contributed by atoms with Crippen LogP contribution in [0.4, 0.5) is 11.1 Å². The van der Waals surface area contributed by atoms with E-state index in [0.717, 1.165) is 0 Å². The molecule has 2 aromatic heterocycles. The number of nitrogen functional groups attached to an aromatic ring is 1. The summed E-state index contributed by atoms with van der Waals surface area (Å²) >= 11 is 2.68. The highest BCUT2D eigenvalue weighted by Crippen LogP contribution is 2.18. The largest absolute Gasteiger partial charge is 0.368 e. The summed E-state index contributed by atoms with van der Waals surface area (Å²) in [5.74, 6) is 0.483. The molecule has 0 saturated heterocycles. The van der Waals surface area contributed by atoms with Crippen LogP contribution >= 0.6 is 23.1 Å². The Morgan fingerprint density at radius 3 is 3.11 bits per heavy atom. The lowest BCUT2D eigenvalue weighted by molar-refractivity contribution is -0.113. The highest BCUT2D eigenvalue weighted by atomic mass is 32.2. The minimum Gasteiger partial charge on any atom is -0.368 e. The average molecular weight is 284 g/mol. The molecule has 0 aliphatic rings. The van der Waals surface area contributed by atoms with E-state index in [1.165, 1.54) is 23.1 Å². The lowest BCUT2D eigenvalue weighted by atomic mass is 10.7. The Labute approximate surface area is 112 Å². The normalized spacial score (nSPS) is 10.5. The van der Waals surface area contributed by atoms with Gasteiger partial charge in [0, 0.05) is 18.1 Å². The zero-order valence-corrected chi connectivity index (χ0v) is 11.3. The minimum atomic E-state index is -0.126. The Balaban J connectivity index is 1.89. The number of carbonyl (C=O) groups is 1. The van der Waals surface area contributed by atoms with E-state index in [1.807, 2.05) is 6.92 Å². The molecule has 9 heteroatoms. The van der Waals surface area contributed by atoms with Crippen LogP contribution in [0.25, 0.3) is 0 Å². The lowest BCUT2D eigenvalue weighted by Crippen LogP contribution is -2.14. The number of nitrogens with one attached hydrogen (secondary N) is 1. The van der Waals surface area contributed by atoms with Crippen molar-refractivity contribution in [3.63, 3.8) is 0 Å². The van der Waals surface area contributed by atoms with E-state index >= 15 is 0 Å². The summed E-state index contributed by atoms with van der Waals surface area (Å²) in [6.07, 6.45) is 1.64. The second-order valence-electron chi connectivity index (χ2n) is 3.26. The molecule has 0 aromatic carbocycles. The lowest BCUT2D eigenvalue weighted by Gasteiger charge is -2.04. The van der Waals surface area contributed by atoms with Crippen molar-refractivity contribution in [2.24, 2.45) is 0 Å². The number of thiazole rings is 1. The van der Waals surface area contributed by atoms with Crippen molar-refractivity contribution in [2.45, 2.75) is 18.6 Å². The molecule has 0 saturated carbocycles. The molecule has 0 unspecified atom stereocenters. The molecular formula is C9H12N6OS2. The summed E-state index contributed by atoms with van der Waals surface area (Å²) in [4.78, 5) is 15.6. The van der Waals surface area contributed by atoms with Gasteiger partial charge in [-0.2, -0.15) is 0 Å². The van der Waals surface area contributed by atoms with Crippen LogP contribution in [-0.2, 0) is 11.3 Å².